The second kappa shape index (κ2) is 7.64. The van der Waals surface area contributed by atoms with Gasteiger partial charge >= 0.3 is 0 Å². The third-order valence-electron chi connectivity index (χ3n) is 4.93. The number of carbonyl (C=O) groups is 1. The van der Waals surface area contributed by atoms with Gasteiger partial charge in [0.1, 0.15) is 4.83 Å². The van der Waals surface area contributed by atoms with Gasteiger partial charge in [-0.15, -0.1) is 11.3 Å². The summed E-state index contributed by atoms with van der Waals surface area (Å²) in [6.07, 6.45) is 1.77. The van der Waals surface area contributed by atoms with Crippen LogP contribution in [-0.2, 0) is 11.3 Å². The van der Waals surface area contributed by atoms with Crippen LogP contribution in [0, 0.1) is 20.8 Å². The number of amides is 1. The normalized spacial score (nSPS) is 11.3. The summed E-state index contributed by atoms with van der Waals surface area (Å²) in [5.74, 6) is 0.218. The van der Waals surface area contributed by atoms with Crippen molar-refractivity contribution in [1.29, 1.82) is 0 Å². The van der Waals surface area contributed by atoms with Crippen LogP contribution < -0.4 is 10.9 Å². The lowest BCUT2D eigenvalue weighted by molar-refractivity contribution is -0.116. The molecule has 2 aromatic heterocycles. The van der Waals surface area contributed by atoms with Crippen LogP contribution in [0.5, 0.6) is 0 Å². The second-order valence-corrected chi connectivity index (χ2v) is 8.40. The summed E-state index contributed by atoms with van der Waals surface area (Å²) in [5.41, 5.74) is 3.94. The molecular weight excluding hydrogens is 358 g/mol. The molecule has 0 atom stereocenters. The van der Waals surface area contributed by atoms with Gasteiger partial charge in [-0.05, 0) is 43.4 Å². The highest BCUT2D eigenvalue weighted by atomic mass is 32.1. The zero-order valence-electron chi connectivity index (χ0n) is 16.4. The van der Waals surface area contributed by atoms with Crippen LogP contribution in [0.3, 0.4) is 0 Å². The molecule has 0 fully saturated rings. The summed E-state index contributed by atoms with van der Waals surface area (Å²) in [6, 6.07) is 6.04. The van der Waals surface area contributed by atoms with Crippen molar-refractivity contribution in [3.8, 4) is 0 Å². The van der Waals surface area contributed by atoms with Gasteiger partial charge in [-0.3, -0.25) is 14.2 Å². The first-order valence-electron chi connectivity index (χ1n) is 9.14. The number of thiophene rings is 1. The SMILES string of the molecule is Cc1cccc(C(C)C)c1NC(=O)CCn1cnc2sc(C)c(C)c2c1=O. The number of aryl methyl sites for hydroxylation is 4. The predicted molar refractivity (Wildman–Crippen MR) is 112 cm³/mol. The molecule has 5 nitrogen and oxygen atoms in total. The minimum atomic E-state index is -0.101. The highest BCUT2D eigenvalue weighted by molar-refractivity contribution is 7.18. The van der Waals surface area contributed by atoms with E-state index in [1.165, 1.54) is 15.9 Å². The topological polar surface area (TPSA) is 64.0 Å². The number of hydrogen-bond acceptors (Lipinski definition) is 4. The van der Waals surface area contributed by atoms with E-state index in [0.717, 1.165) is 32.1 Å². The van der Waals surface area contributed by atoms with Crippen LogP contribution in [0.1, 0.15) is 47.8 Å². The van der Waals surface area contributed by atoms with Gasteiger partial charge in [0.05, 0.1) is 11.7 Å². The molecule has 0 aliphatic rings. The summed E-state index contributed by atoms with van der Waals surface area (Å²) in [4.78, 5) is 31.5. The lowest BCUT2D eigenvalue weighted by Gasteiger charge is -2.16. The highest BCUT2D eigenvalue weighted by Crippen LogP contribution is 2.28. The number of hydrogen-bond donors (Lipinski definition) is 1. The molecule has 1 aromatic carbocycles. The van der Waals surface area contributed by atoms with Crippen molar-refractivity contribution in [1.82, 2.24) is 9.55 Å². The molecule has 1 amide bonds. The number of rotatable bonds is 5. The lowest BCUT2D eigenvalue weighted by atomic mass is 9.98. The van der Waals surface area contributed by atoms with Crippen LogP contribution in [0.2, 0.25) is 0 Å². The largest absolute Gasteiger partial charge is 0.326 e. The Kier molecular flexibility index (Phi) is 5.46. The van der Waals surface area contributed by atoms with Crippen LogP contribution in [0.4, 0.5) is 5.69 Å². The molecule has 0 aliphatic carbocycles. The second-order valence-electron chi connectivity index (χ2n) is 7.20. The van der Waals surface area contributed by atoms with E-state index in [0.29, 0.717) is 17.8 Å². The van der Waals surface area contributed by atoms with E-state index in [2.05, 4.69) is 24.1 Å². The molecule has 0 saturated heterocycles. The van der Waals surface area contributed by atoms with Crippen molar-refractivity contribution in [2.75, 3.05) is 5.32 Å². The van der Waals surface area contributed by atoms with Crippen molar-refractivity contribution in [2.24, 2.45) is 0 Å². The fraction of sp³-hybridized carbons (Fsp3) is 0.381. The van der Waals surface area contributed by atoms with Crippen LogP contribution >= 0.6 is 11.3 Å². The molecule has 0 bridgehead atoms. The molecule has 1 N–H and O–H groups in total. The summed E-state index contributed by atoms with van der Waals surface area (Å²) in [5, 5.41) is 3.70. The average Bonchev–Trinajstić information content (AvgIpc) is 2.91. The average molecular weight is 384 g/mol. The quantitative estimate of drug-likeness (QED) is 0.704. The Balaban J connectivity index is 1.78. The first-order valence-corrected chi connectivity index (χ1v) is 9.95. The number of carbonyl (C=O) groups excluding carboxylic acids is 1. The molecule has 3 rings (SSSR count). The fourth-order valence-electron chi connectivity index (χ4n) is 3.20. The number of nitrogens with zero attached hydrogens (tertiary/aromatic N) is 2. The Bertz CT molecular complexity index is 1060. The molecule has 3 aromatic rings. The van der Waals surface area contributed by atoms with Gasteiger partial charge < -0.3 is 5.32 Å². The van der Waals surface area contributed by atoms with Gasteiger partial charge in [0, 0.05) is 23.5 Å². The van der Waals surface area contributed by atoms with Gasteiger partial charge in [-0.1, -0.05) is 32.0 Å². The van der Waals surface area contributed by atoms with Gasteiger partial charge in [0.2, 0.25) is 5.91 Å². The Morgan fingerprint density at radius 1 is 1.26 bits per heavy atom. The standard InChI is InChI=1S/C21H25N3O2S/c1-12(2)16-8-6-7-13(3)19(16)23-17(25)9-10-24-11-22-20-18(21(24)26)14(4)15(5)27-20/h6-8,11-12H,9-10H2,1-5H3,(H,23,25). The van der Waals surface area contributed by atoms with Crippen molar-refractivity contribution >= 4 is 33.1 Å². The smallest absolute Gasteiger partial charge is 0.262 e. The maximum atomic E-state index is 12.7. The third-order valence-corrected chi connectivity index (χ3v) is 6.04. The van der Waals surface area contributed by atoms with Gasteiger partial charge in [0.25, 0.3) is 5.56 Å². The fourth-order valence-corrected chi connectivity index (χ4v) is 4.18. The molecule has 0 radical (unpaired) electrons. The van der Waals surface area contributed by atoms with E-state index in [1.807, 2.05) is 39.0 Å². The number of nitrogens with one attached hydrogen (secondary N) is 1. The van der Waals surface area contributed by atoms with Crippen LogP contribution in [-0.4, -0.2) is 15.5 Å². The number of fused-ring (bicyclic) bond motifs is 1. The first kappa shape index (κ1) is 19.3. The summed E-state index contributed by atoms with van der Waals surface area (Å²) < 4.78 is 1.53. The molecule has 0 unspecified atom stereocenters. The van der Waals surface area contributed by atoms with Crippen molar-refractivity contribution in [3.05, 3.63) is 56.4 Å². The molecule has 0 aliphatic heterocycles. The molecule has 6 heteroatoms. The third kappa shape index (κ3) is 3.81. The van der Waals surface area contributed by atoms with Gasteiger partial charge in [-0.25, -0.2) is 4.98 Å². The number of para-hydroxylation sites is 1. The Labute approximate surface area is 163 Å². The number of aromatic nitrogens is 2. The van der Waals surface area contributed by atoms with Crippen LogP contribution in [0.25, 0.3) is 10.2 Å². The number of benzene rings is 1. The molecule has 2 heterocycles. The Hall–Kier alpha value is -2.47. The van der Waals surface area contributed by atoms with E-state index < -0.39 is 0 Å². The monoisotopic (exact) mass is 383 g/mol. The molecular formula is C21H25N3O2S. The highest BCUT2D eigenvalue weighted by Gasteiger charge is 2.14. The van der Waals surface area contributed by atoms with Crippen molar-refractivity contribution in [2.45, 2.75) is 53.5 Å². The Morgan fingerprint density at radius 2 is 2.00 bits per heavy atom. The van der Waals surface area contributed by atoms with E-state index in [1.54, 1.807) is 6.33 Å². The summed E-state index contributed by atoms with van der Waals surface area (Å²) >= 11 is 1.53. The minimum Gasteiger partial charge on any atom is -0.326 e. The number of anilines is 1. The molecule has 142 valence electrons. The van der Waals surface area contributed by atoms with E-state index in [-0.39, 0.29) is 17.9 Å². The van der Waals surface area contributed by atoms with Gasteiger partial charge in [0.15, 0.2) is 0 Å². The molecule has 0 spiro atoms. The predicted octanol–water partition coefficient (Wildman–Crippen LogP) is 4.54. The zero-order valence-corrected chi connectivity index (χ0v) is 17.2. The van der Waals surface area contributed by atoms with E-state index >= 15 is 0 Å². The Morgan fingerprint density at radius 3 is 2.70 bits per heavy atom. The minimum absolute atomic E-state index is 0.0755. The van der Waals surface area contributed by atoms with Crippen molar-refractivity contribution < 1.29 is 4.79 Å². The maximum Gasteiger partial charge on any atom is 0.262 e. The lowest BCUT2D eigenvalue weighted by Crippen LogP contribution is -2.24. The molecule has 27 heavy (non-hydrogen) atoms. The van der Waals surface area contributed by atoms with Crippen LogP contribution in [0.15, 0.2) is 29.3 Å². The molecule has 0 saturated carbocycles. The summed E-state index contributed by atoms with van der Waals surface area (Å²) in [7, 11) is 0. The zero-order chi connectivity index (χ0) is 19.7. The summed E-state index contributed by atoms with van der Waals surface area (Å²) in [6.45, 7) is 10.5. The van der Waals surface area contributed by atoms with Crippen molar-refractivity contribution in [3.63, 3.8) is 0 Å². The maximum absolute atomic E-state index is 12.7. The van der Waals surface area contributed by atoms with Gasteiger partial charge in [-0.2, -0.15) is 0 Å². The van der Waals surface area contributed by atoms with E-state index in [4.69, 9.17) is 0 Å². The van der Waals surface area contributed by atoms with E-state index in [9.17, 15) is 9.59 Å². The first-order chi connectivity index (χ1) is 12.8.